The Morgan fingerprint density at radius 1 is 1.71 bits per heavy atom. The smallest absolute Gasteiger partial charge is 0.407 e. The monoisotopic (exact) mass is 299 g/mol. The van der Waals surface area contributed by atoms with Gasteiger partial charge in [-0.3, -0.25) is 0 Å². The molecule has 1 fully saturated rings. The number of aryl methyl sites for hydroxylation is 1. The first-order valence-electron chi connectivity index (χ1n) is 12.1. The van der Waals surface area contributed by atoms with Crippen molar-refractivity contribution < 1.29 is 26.1 Å². The Balaban J connectivity index is 2.12. The van der Waals surface area contributed by atoms with Crippen molar-refractivity contribution >= 4 is 17.0 Å². The number of nitrogens with zero attached hydrogens (tertiary/aromatic N) is 1. The highest BCUT2D eigenvalue weighted by molar-refractivity contribution is 5.84. The Bertz CT molecular complexity index is 1100. The predicted molar refractivity (Wildman–Crippen MR) is 82.5 cm³/mol. The van der Waals surface area contributed by atoms with Crippen LogP contribution >= 0.6 is 0 Å². The second-order valence-electron chi connectivity index (χ2n) is 4.46. The van der Waals surface area contributed by atoms with Crippen LogP contribution in [0.5, 0.6) is 0 Å². The zero-order valence-corrected chi connectivity index (χ0v) is 11.2. The van der Waals surface area contributed by atoms with Gasteiger partial charge in [-0.1, -0.05) is 6.07 Å². The summed E-state index contributed by atoms with van der Waals surface area (Å²) in [7, 11) is 1.09. The third-order valence-electron chi connectivity index (χ3n) is 2.91. The van der Waals surface area contributed by atoms with E-state index in [0.29, 0.717) is 4.90 Å². The Kier molecular flexibility index (Phi) is 1.55. The second kappa shape index (κ2) is 5.77. The van der Waals surface area contributed by atoms with Crippen LogP contribution in [0.2, 0.25) is 2.82 Å². The van der Waals surface area contributed by atoms with Crippen molar-refractivity contribution in [2.75, 3.05) is 27.1 Å². The zero-order chi connectivity index (χ0) is 25.4. The summed E-state index contributed by atoms with van der Waals surface area (Å²) in [4.78, 5) is 13.2. The molecule has 3 rings (SSSR count). The molecule has 1 atom stereocenters. The molecule has 21 heavy (non-hydrogen) atoms. The fourth-order valence-electron chi connectivity index (χ4n) is 1.96. The van der Waals surface area contributed by atoms with Crippen molar-refractivity contribution in [3.05, 3.63) is 35.5 Å². The third-order valence-corrected chi connectivity index (χ3v) is 2.91. The molecule has 1 aromatic carbocycles. The SMILES string of the molecule is [2H]N1C(=O)OC([2H])([2H])[C@]1([2H])C([2H])([2H])c1ccc2c(c1)c(CC([2H])([2H])N(C)C([2H])([2H])[2H])cn2[2H]. The van der Waals surface area contributed by atoms with Gasteiger partial charge in [0.1, 0.15) is 6.56 Å². The van der Waals surface area contributed by atoms with Crippen LogP contribution in [0, 0.1) is 0 Å². The first kappa shape index (κ1) is 5.65. The van der Waals surface area contributed by atoms with Gasteiger partial charge in [0.25, 0.3) is 0 Å². The lowest BCUT2D eigenvalue weighted by Crippen LogP contribution is -2.28. The molecule has 0 aliphatic carbocycles. The molecule has 1 aromatic heterocycles. The molecule has 0 spiro atoms. The van der Waals surface area contributed by atoms with Gasteiger partial charge in [-0.2, -0.15) is 0 Å². The fraction of sp³-hybridized carbons (Fsp3) is 0.438. The standard InChI is InChI=1S/C16H21N3O2/c1-19(2)6-5-12-9-17-15-4-3-11(8-14(12)15)7-13-10-21-16(20)18-13/h3-4,8-9,13,17H,5-7,10H2,1-2H3,(H,18,20)/t13-/m0/s1/i1D3,6D2,7D2,10D2,13D/hD2. The predicted octanol–water partition coefficient (Wildman–Crippen LogP) is 1.92. The first-order valence-corrected chi connectivity index (χ1v) is 6.17. The number of aromatic nitrogens is 1. The number of fused-ring (bicyclic) bond motifs is 1. The van der Waals surface area contributed by atoms with E-state index in [1.165, 1.54) is 24.4 Å². The van der Waals surface area contributed by atoms with Crippen molar-refractivity contribution in [3.8, 4) is 0 Å². The summed E-state index contributed by atoms with van der Waals surface area (Å²) in [6, 6.07) is 0.519. The number of hydrogen-bond acceptors (Lipinski definition) is 3. The van der Waals surface area contributed by atoms with Gasteiger partial charge in [0, 0.05) is 33.2 Å². The van der Waals surface area contributed by atoms with Gasteiger partial charge in [0.05, 0.1) is 10.1 Å². The molecule has 0 saturated carbocycles. The Morgan fingerprint density at radius 2 is 2.62 bits per heavy atom. The molecule has 2 aromatic rings. The molecule has 1 saturated heterocycles. The second-order valence-corrected chi connectivity index (χ2v) is 4.46. The molecule has 0 radical (unpaired) electrons. The normalized spacial score (nSPS) is 35.0. The summed E-state index contributed by atoms with van der Waals surface area (Å²) in [5.74, 6) is 0. The van der Waals surface area contributed by atoms with Crippen LogP contribution in [0.3, 0.4) is 0 Å². The van der Waals surface area contributed by atoms with Gasteiger partial charge >= 0.3 is 6.09 Å². The maximum atomic E-state index is 11.7. The van der Waals surface area contributed by atoms with Crippen LogP contribution in [0.4, 0.5) is 4.79 Å². The summed E-state index contributed by atoms with van der Waals surface area (Å²) in [6.07, 6.45) is -3.74. The summed E-state index contributed by atoms with van der Waals surface area (Å²) in [6.45, 7) is -8.28. The fourth-order valence-corrected chi connectivity index (χ4v) is 1.96. The highest BCUT2D eigenvalue weighted by Gasteiger charge is 2.22. The average molecular weight is 299 g/mol. The lowest BCUT2D eigenvalue weighted by atomic mass is 10.0. The van der Waals surface area contributed by atoms with Gasteiger partial charge in [-0.05, 0) is 50.1 Å². The topological polar surface area (TPSA) is 57.4 Å². The largest absolute Gasteiger partial charge is 0.447 e. The number of cyclic esters (lactones) is 1. The van der Waals surface area contributed by atoms with Gasteiger partial charge in [0.15, 0.2) is 2.82 Å². The Hall–Kier alpha value is -2.01. The Morgan fingerprint density at radius 3 is 3.38 bits per heavy atom. The van der Waals surface area contributed by atoms with Crippen molar-refractivity contribution in [1.29, 1.82) is 0 Å². The number of alkyl carbamates (subject to hydrolysis) is 1. The average Bonchev–Trinajstić information content (AvgIpc) is 3.06. The molecular weight excluding hydrogens is 266 g/mol. The van der Waals surface area contributed by atoms with E-state index < -0.39 is 44.9 Å². The summed E-state index contributed by atoms with van der Waals surface area (Å²) in [5, 5.41) is -0.0438. The number of nitrogens with one attached hydrogen (secondary N) is 2. The minimum absolute atomic E-state index is 0.167. The van der Waals surface area contributed by atoms with E-state index >= 15 is 0 Å². The number of ether oxygens (including phenoxy) is 1. The van der Waals surface area contributed by atoms with Gasteiger partial charge in [0.2, 0.25) is 0 Å². The van der Waals surface area contributed by atoms with E-state index in [9.17, 15) is 4.79 Å². The van der Waals surface area contributed by atoms with Gasteiger partial charge < -0.3 is 19.9 Å². The van der Waals surface area contributed by atoms with Crippen LogP contribution in [-0.4, -0.2) is 49.1 Å². The van der Waals surface area contributed by atoms with Crippen molar-refractivity contribution in [3.63, 3.8) is 0 Å². The Labute approximate surface area is 141 Å². The molecule has 5 heteroatoms. The molecular formula is C16H21N3O2. The summed E-state index contributed by atoms with van der Waals surface area (Å²) >= 11 is 0. The molecule has 1 aliphatic heterocycles. The van der Waals surface area contributed by atoms with Crippen LogP contribution in [0.25, 0.3) is 10.9 Å². The summed E-state index contributed by atoms with van der Waals surface area (Å²) in [5.41, 5.74) is 0.0734. The number of likely N-dealkylation sites (N-methyl/N-ethyl adjacent to an activating group) is 1. The van der Waals surface area contributed by atoms with E-state index in [2.05, 4.69) is 4.74 Å². The molecule has 1 amide bonds. The molecule has 1 aliphatic rings. The lowest BCUT2D eigenvalue weighted by molar-refractivity contribution is 0.177. The number of H-pyrrole nitrogens is 1. The molecule has 112 valence electrons. The third kappa shape index (κ3) is 3.19. The number of rotatable bonds is 5. The zero-order valence-electron chi connectivity index (χ0n) is 23.2. The quantitative estimate of drug-likeness (QED) is 0.887. The van der Waals surface area contributed by atoms with Crippen LogP contribution < -0.4 is 5.31 Å². The van der Waals surface area contributed by atoms with Gasteiger partial charge in [-0.25, -0.2) is 4.79 Å². The number of aromatic amines is 1. The van der Waals surface area contributed by atoms with E-state index in [1.54, 1.807) is 0 Å². The molecule has 2 heterocycles. The molecule has 5 nitrogen and oxygen atoms in total. The number of benzene rings is 1. The highest BCUT2D eigenvalue weighted by Crippen LogP contribution is 2.21. The van der Waals surface area contributed by atoms with E-state index in [4.69, 9.17) is 16.5 Å². The van der Waals surface area contributed by atoms with Crippen LogP contribution in [0.1, 0.15) is 24.8 Å². The molecule has 0 bridgehead atoms. The minimum Gasteiger partial charge on any atom is -0.447 e. The minimum atomic E-state index is -3.17. The number of carbonyl (C=O) groups excluding carboxylic acids is 1. The maximum absolute atomic E-state index is 11.7. The molecule has 0 unspecified atom stereocenters. The highest BCUT2D eigenvalue weighted by atomic mass is 16.6. The van der Waals surface area contributed by atoms with Crippen molar-refractivity contribution in [2.24, 2.45) is 0 Å². The van der Waals surface area contributed by atoms with E-state index in [-0.39, 0.29) is 27.3 Å². The van der Waals surface area contributed by atoms with Crippen molar-refractivity contribution in [2.45, 2.75) is 18.8 Å². The number of hydrogen-bond donors (Lipinski definition) is 2. The van der Waals surface area contributed by atoms with E-state index in [0.717, 1.165) is 12.0 Å². The van der Waals surface area contributed by atoms with Crippen LogP contribution in [-0.2, 0) is 17.5 Å². The lowest BCUT2D eigenvalue weighted by Gasteiger charge is -2.09. The summed E-state index contributed by atoms with van der Waals surface area (Å²) < 4.78 is 99.8. The van der Waals surface area contributed by atoms with E-state index in [1.807, 2.05) is 0 Å². The van der Waals surface area contributed by atoms with Gasteiger partial charge in [-0.15, -0.1) is 0 Å². The number of amides is 1. The first-order chi connectivity index (χ1) is 14.8. The number of carbonyl (C=O) groups is 1. The maximum Gasteiger partial charge on any atom is 0.407 e. The van der Waals surface area contributed by atoms with Crippen molar-refractivity contribution in [1.82, 2.24) is 15.2 Å². The van der Waals surface area contributed by atoms with Crippen LogP contribution in [0.15, 0.2) is 24.4 Å². The molecule has 2 N–H and O–H groups in total.